The lowest BCUT2D eigenvalue weighted by Crippen LogP contribution is -2.07. The summed E-state index contributed by atoms with van der Waals surface area (Å²) >= 11 is 0. The van der Waals surface area contributed by atoms with Gasteiger partial charge in [0.25, 0.3) is 0 Å². The monoisotopic (exact) mass is 366 g/mol. The Balaban J connectivity index is 2.47. The van der Waals surface area contributed by atoms with Gasteiger partial charge in [-0.2, -0.15) is 8.42 Å². The zero-order chi connectivity index (χ0) is 18.4. The van der Waals surface area contributed by atoms with Crippen LogP contribution in [0, 0.1) is 6.92 Å². The number of rotatable bonds is 4. The van der Waals surface area contributed by atoms with E-state index in [9.17, 15) is 13.2 Å². The minimum Gasteiger partial charge on any atom is -0.496 e. The van der Waals surface area contributed by atoms with Crippen LogP contribution in [0.5, 0.6) is 17.2 Å². The molecular weight excluding hydrogens is 352 g/mol. The van der Waals surface area contributed by atoms with Crippen LogP contribution in [0.1, 0.15) is 5.76 Å². The largest absolute Gasteiger partial charge is 0.496 e. The van der Waals surface area contributed by atoms with Gasteiger partial charge in [0, 0.05) is 12.1 Å². The third-order valence-corrected chi connectivity index (χ3v) is 3.97. The Hall–Kier alpha value is -2.78. The van der Waals surface area contributed by atoms with Crippen molar-refractivity contribution in [2.24, 2.45) is 0 Å². The summed E-state index contributed by atoms with van der Waals surface area (Å²) in [6.07, 6.45) is 0. The minimum atomic E-state index is -4.70. The average Bonchev–Trinajstić information content (AvgIpc) is 2.49. The van der Waals surface area contributed by atoms with E-state index in [4.69, 9.17) is 18.4 Å². The molecule has 0 aliphatic heterocycles. The summed E-state index contributed by atoms with van der Waals surface area (Å²) in [6.45, 7) is 1.63. The molecule has 0 spiro atoms. The smallest absolute Gasteiger partial charge is 0.446 e. The standard InChI is InChI=1S/C16H14O8S/c1-8-4-11(17)15-13(23-8)6-9-5-10(24-25(18,19)20)7-12(21-2)14(9)16(15)22-3/h4-7H,1-3H3,(H,18,19,20). The summed E-state index contributed by atoms with van der Waals surface area (Å²) in [5, 5.41) is 1.12. The van der Waals surface area contributed by atoms with Crippen molar-refractivity contribution in [2.45, 2.75) is 6.92 Å². The van der Waals surface area contributed by atoms with Crippen LogP contribution in [0.25, 0.3) is 21.7 Å². The maximum atomic E-state index is 12.4. The molecule has 0 fully saturated rings. The Bertz CT molecular complexity index is 1140. The van der Waals surface area contributed by atoms with E-state index in [1.54, 1.807) is 13.0 Å². The summed E-state index contributed by atoms with van der Waals surface area (Å²) < 4.78 is 51.6. The van der Waals surface area contributed by atoms with Crippen LogP contribution in [0.4, 0.5) is 0 Å². The Morgan fingerprint density at radius 3 is 2.36 bits per heavy atom. The second-order valence-electron chi connectivity index (χ2n) is 5.24. The van der Waals surface area contributed by atoms with Crippen molar-refractivity contribution in [3.05, 3.63) is 40.2 Å². The zero-order valence-electron chi connectivity index (χ0n) is 13.5. The molecule has 9 heteroatoms. The fraction of sp³-hybridized carbons (Fsp3) is 0.188. The first-order chi connectivity index (χ1) is 11.7. The lowest BCUT2D eigenvalue weighted by Gasteiger charge is -2.14. The molecule has 2 aromatic carbocycles. The fourth-order valence-corrected chi connectivity index (χ4v) is 3.07. The van der Waals surface area contributed by atoms with Gasteiger partial charge in [-0.1, -0.05) is 0 Å². The van der Waals surface area contributed by atoms with E-state index in [1.165, 1.54) is 32.4 Å². The van der Waals surface area contributed by atoms with E-state index in [0.717, 1.165) is 0 Å². The Kier molecular flexibility index (Phi) is 4.05. The molecule has 1 heterocycles. The SMILES string of the molecule is COc1cc(OS(=O)(=O)O)cc2cc3oc(C)cc(=O)c3c(OC)c12. The second-order valence-corrected chi connectivity index (χ2v) is 6.26. The van der Waals surface area contributed by atoms with Crippen LogP contribution in [0.3, 0.4) is 0 Å². The molecule has 3 rings (SSSR count). The van der Waals surface area contributed by atoms with Crippen molar-refractivity contribution < 1.29 is 31.0 Å². The summed E-state index contributed by atoms with van der Waals surface area (Å²) in [5.41, 5.74) is -0.0155. The molecule has 8 nitrogen and oxygen atoms in total. The molecule has 25 heavy (non-hydrogen) atoms. The van der Waals surface area contributed by atoms with Gasteiger partial charge in [-0.25, -0.2) is 0 Å². The molecule has 0 atom stereocenters. The van der Waals surface area contributed by atoms with Crippen LogP contribution >= 0.6 is 0 Å². The zero-order valence-corrected chi connectivity index (χ0v) is 14.3. The fourth-order valence-electron chi connectivity index (χ4n) is 2.73. The van der Waals surface area contributed by atoms with E-state index in [1.807, 2.05) is 0 Å². The molecule has 0 aliphatic carbocycles. The highest BCUT2D eigenvalue weighted by atomic mass is 32.3. The molecule has 0 saturated heterocycles. The molecule has 0 bridgehead atoms. The van der Waals surface area contributed by atoms with E-state index >= 15 is 0 Å². The molecule has 3 aromatic rings. The van der Waals surface area contributed by atoms with Crippen LogP contribution in [-0.2, 0) is 10.4 Å². The van der Waals surface area contributed by atoms with Gasteiger partial charge in [0.2, 0.25) is 0 Å². The van der Waals surface area contributed by atoms with Crippen molar-refractivity contribution >= 4 is 32.1 Å². The van der Waals surface area contributed by atoms with Gasteiger partial charge in [-0.15, -0.1) is 0 Å². The first kappa shape index (κ1) is 17.1. The van der Waals surface area contributed by atoms with Gasteiger partial charge in [0.05, 0.1) is 19.6 Å². The molecule has 0 unspecified atom stereocenters. The predicted octanol–water partition coefficient (Wildman–Crippen LogP) is 2.45. The van der Waals surface area contributed by atoms with E-state index < -0.39 is 10.4 Å². The normalized spacial score (nSPS) is 11.7. The van der Waals surface area contributed by atoms with Crippen LogP contribution < -0.4 is 19.1 Å². The van der Waals surface area contributed by atoms with Gasteiger partial charge in [-0.3, -0.25) is 9.35 Å². The Morgan fingerprint density at radius 1 is 1.04 bits per heavy atom. The predicted molar refractivity (Wildman–Crippen MR) is 90.0 cm³/mol. The molecule has 1 N–H and O–H groups in total. The quantitative estimate of drug-likeness (QED) is 0.553. The minimum absolute atomic E-state index is 0.164. The van der Waals surface area contributed by atoms with Crippen LogP contribution in [0.15, 0.2) is 33.5 Å². The summed E-state index contributed by atoms with van der Waals surface area (Å²) in [4.78, 5) is 12.4. The third kappa shape index (κ3) is 3.11. The number of fused-ring (bicyclic) bond motifs is 2. The van der Waals surface area contributed by atoms with Gasteiger partial charge in [-0.05, 0) is 24.4 Å². The highest BCUT2D eigenvalue weighted by molar-refractivity contribution is 7.81. The van der Waals surface area contributed by atoms with E-state index in [0.29, 0.717) is 16.5 Å². The molecular formula is C16H14O8S. The number of benzene rings is 2. The highest BCUT2D eigenvalue weighted by Gasteiger charge is 2.19. The molecule has 0 radical (unpaired) electrons. The summed E-state index contributed by atoms with van der Waals surface area (Å²) in [5.74, 6) is 0.686. The van der Waals surface area contributed by atoms with E-state index in [-0.39, 0.29) is 33.6 Å². The maximum absolute atomic E-state index is 12.4. The number of aryl methyl sites for hydroxylation is 1. The first-order valence-corrected chi connectivity index (χ1v) is 8.40. The Morgan fingerprint density at radius 2 is 1.76 bits per heavy atom. The second kappa shape index (κ2) is 5.94. The highest BCUT2D eigenvalue weighted by Crippen LogP contribution is 2.41. The van der Waals surface area contributed by atoms with E-state index in [2.05, 4.69) is 4.18 Å². The number of ether oxygens (including phenoxy) is 2. The topological polar surface area (TPSA) is 112 Å². The van der Waals surface area contributed by atoms with Crippen molar-refractivity contribution in [3.63, 3.8) is 0 Å². The molecule has 0 amide bonds. The first-order valence-electron chi connectivity index (χ1n) is 7.03. The lowest BCUT2D eigenvalue weighted by atomic mass is 10.0. The van der Waals surface area contributed by atoms with Crippen molar-refractivity contribution in [2.75, 3.05) is 14.2 Å². The molecule has 1 aromatic heterocycles. The van der Waals surface area contributed by atoms with Crippen LogP contribution in [-0.4, -0.2) is 27.2 Å². The number of methoxy groups -OCH3 is 2. The lowest BCUT2D eigenvalue weighted by molar-refractivity contribution is 0.383. The van der Waals surface area contributed by atoms with Gasteiger partial charge in [0.1, 0.15) is 34.0 Å². The molecule has 132 valence electrons. The maximum Gasteiger partial charge on any atom is 0.446 e. The average molecular weight is 366 g/mol. The van der Waals surface area contributed by atoms with Gasteiger partial charge >= 0.3 is 10.4 Å². The van der Waals surface area contributed by atoms with Crippen LogP contribution in [0.2, 0.25) is 0 Å². The summed E-state index contributed by atoms with van der Waals surface area (Å²) in [6, 6.07) is 5.51. The van der Waals surface area contributed by atoms with Crippen molar-refractivity contribution in [3.8, 4) is 17.2 Å². The number of hydrogen-bond donors (Lipinski definition) is 1. The summed E-state index contributed by atoms with van der Waals surface area (Å²) in [7, 11) is -1.94. The van der Waals surface area contributed by atoms with Crippen molar-refractivity contribution in [1.82, 2.24) is 0 Å². The third-order valence-electron chi connectivity index (χ3n) is 3.57. The number of hydrogen-bond acceptors (Lipinski definition) is 7. The van der Waals surface area contributed by atoms with Gasteiger partial charge < -0.3 is 18.1 Å². The molecule has 0 saturated carbocycles. The Labute approximate surface area is 142 Å². The molecule has 0 aliphatic rings. The van der Waals surface area contributed by atoms with Gasteiger partial charge in [0.15, 0.2) is 5.43 Å². The van der Waals surface area contributed by atoms with Crippen molar-refractivity contribution in [1.29, 1.82) is 0 Å².